The fraction of sp³-hybridized carbons (Fsp3) is 1.00. The summed E-state index contributed by atoms with van der Waals surface area (Å²) < 4.78 is 37.2. The monoisotopic (exact) mass is 388 g/mol. The zero-order valence-corrected chi connectivity index (χ0v) is 17.7. The zero-order valence-electron chi connectivity index (χ0n) is 17.7. The average molecular weight is 389 g/mol. The molecular formula is C24H43F3. The molecule has 0 aromatic carbocycles. The van der Waals surface area contributed by atoms with Gasteiger partial charge in [0.25, 0.3) is 0 Å². The summed E-state index contributed by atoms with van der Waals surface area (Å²) in [6.45, 7) is 2.27. The fourth-order valence-electron chi connectivity index (χ4n) is 5.65. The van der Waals surface area contributed by atoms with Gasteiger partial charge in [-0.05, 0) is 55.8 Å². The molecule has 2 fully saturated rings. The second kappa shape index (κ2) is 12.4. The Hall–Kier alpha value is -0.210. The molecule has 2 aliphatic rings. The van der Waals surface area contributed by atoms with Gasteiger partial charge in [0.2, 0.25) is 0 Å². The molecule has 2 saturated carbocycles. The first-order chi connectivity index (χ1) is 13.0. The lowest BCUT2D eigenvalue weighted by Crippen LogP contribution is -2.26. The van der Waals surface area contributed by atoms with Crippen molar-refractivity contribution in [1.29, 1.82) is 0 Å². The van der Waals surface area contributed by atoms with E-state index < -0.39 is 12.6 Å². The van der Waals surface area contributed by atoms with Crippen molar-refractivity contribution >= 4 is 0 Å². The molecule has 0 aromatic rings. The Morgan fingerprint density at radius 2 is 1.04 bits per heavy atom. The highest BCUT2D eigenvalue weighted by molar-refractivity contribution is 4.82. The van der Waals surface area contributed by atoms with Gasteiger partial charge in [0.15, 0.2) is 0 Å². The van der Waals surface area contributed by atoms with Crippen molar-refractivity contribution in [2.45, 2.75) is 129 Å². The maximum Gasteiger partial charge on any atom is 0.389 e. The van der Waals surface area contributed by atoms with Crippen LogP contribution in [0.25, 0.3) is 0 Å². The van der Waals surface area contributed by atoms with E-state index in [0.717, 1.165) is 30.6 Å². The number of alkyl halides is 3. The van der Waals surface area contributed by atoms with Crippen LogP contribution in [0.2, 0.25) is 0 Å². The highest BCUT2D eigenvalue weighted by atomic mass is 19.4. The van der Waals surface area contributed by atoms with E-state index in [9.17, 15) is 13.2 Å². The van der Waals surface area contributed by atoms with Crippen LogP contribution in [0.5, 0.6) is 0 Å². The molecule has 160 valence electrons. The van der Waals surface area contributed by atoms with Crippen LogP contribution >= 0.6 is 0 Å². The van der Waals surface area contributed by atoms with E-state index in [0.29, 0.717) is 12.3 Å². The summed E-state index contributed by atoms with van der Waals surface area (Å²) in [7, 11) is 0. The van der Waals surface area contributed by atoms with Crippen molar-refractivity contribution in [2.75, 3.05) is 0 Å². The summed E-state index contributed by atoms with van der Waals surface area (Å²) in [5.41, 5.74) is 0. The highest BCUT2D eigenvalue weighted by Crippen LogP contribution is 2.43. The molecule has 3 heteroatoms. The average Bonchev–Trinajstić information content (AvgIpc) is 2.66. The highest BCUT2D eigenvalue weighted by Gasteiger charge is 2.33. The second-order valence-corrected chi connectivity index (χ2v) is 9.63. The Kier molecular flexibility index (Phi) is 10.6. The largest absolute Gasteiger partial charge is 0.389 e. The molecule has 0 N–H and O–H groups in total. The third kappa shape index (κ3) is 9.70. The molecule has 0 spiro atoms. The minimum absolute atomic E-state index is 0.330. The maximum atomic E-state index is 12.4. The first kappa shape index (κ1) is 23.1. The van der Waals surface area contributed by atoms with E-state index in [1.807, 2.05) is 0 Å². The molecule has 27 heavy (non-hydrogen) atoms. The molecular weight excluding hydrogens is 345 g/mol. The van der Waals surface area contributed by atoms with Gasteiger partial charge in [0, 0.05) is 6.42 Å². The summed E-state index contributed by atoms with van der Waals surface area (Å²) in [5.74, 6) is 2.97. The maximum absolute atomic E-state index is 12.4. The van der Waals surface area contributed by atoms with Crippen molar-refractivity contribution in [1.82, 2.24) is 0 Å². The van der Waals surface area contributed by atoms with E-state index >= 15 is 0 Å². The first-order valence-electron chi connectivity index (χ1n) is 12.0. The van der Waals surface area contributed by atoms with Crippen LogP contribution in [0.4, 0.5) is 13.2 Å². The molecule has 0 radical (unpaired) electrons. The molecule has 0 atom stereocenters. The zero-order chi connectivity index (χ0) is 19.5. The van der Waals surface area contributed by atoms with Crippen LogP contribution in [0.3, 0.4) is 0 Å². The quantitative estimate of drug-likeness (QED) is 0.310. The predicted molar refractivity (Wildman–Crippen MR) is 109 cm³/mol. The molecule has 0 nitrogen and oxygen atoms in total. The van der Waals surface area contributed by atoms with Crippen LogP contribution in [0.1, 0.15) is 122 Å². The van der Waals surface area contributed by atoms with Crippen molar-refractivity contribution in [3.05, 3.63) is 0 Å². The van der Waals surface area contributed by atoms with Gasteiger partial charge < -0.3 is 0 Å². The lowest BCUT2D eigenvalue weighted by atomic mass is 9.68. The van der Waals surface area contributed by atoms with Crippen LogP contribution in [-0.2, 0) is 0 Å². The molecule has 0 aromatic heterocycles. The van der Waals surface area contributed by atoms with Crippen LogP contribution in [0.15, 0.2) is 0 Å². The van der Waals surface area contributed by atoms with Crippen LogP contribution in [0, 0.1) is 23.7 Å². The second-order valence-electron chi connectivity index (χ2n) is 9.63. The van der Waals surface area contributed by atoms with Crippen molar-refractivity contribution < 1.29 is 13.2 Å². The Morgan fingerprint density at radius 1 is 0.593 bits per heavy atom. The normalized spacial score (nSPS) is 29.8. The Labute approximate surface area is 166 Å². The summed E-state index contributed by atoms with van der Waals surface area (Å²) in [6, 6.07) is 0. The SMILES string of the molecule is CCCCCCCCCC1CCC(C2CCC(CCC(F)(F)F)CC2)CC1. The van der Waals surface area contributed by atoms with Crippen molar-refractivity contribution in [3.8, 4) is 0 Å². The number of unbranched alkanes of at least 4 members (excludes halogenated alkanes) is 6. The van der Waals surface area contributed by atoms with Gasteiger partial charge in [-0.25, -0.2) is 0 Å². The summed E-state index contributed by atoms with van der Waals surface area (Å²) >= 11 is 0. The fourth-order valence-corrected chi connectivity index (χ4v) is 5.65. The molecule has 0 heterocycles. The van der Waals surface area contributed by atoms with E-state index in [4.69, 9.17) is 0 Å². The minimum Gasteiger partial charge on any atom is -0.171 e. The smallest absolute Gasteiger partial charge is 0.171 e. The molecule has 2 rings (SSSR count). The Bertz CT molecular complexity index is 360. The molecule has 0 amide bonds. The molecule has 0 aliphatic heterocycles. The van der Waals surface area contributed by atoms with Crippen molar-refractivity contribution in [2.24, 2.45) is 23.7 Å². The van der Waals surface area contributed by atoms with Crippen LogP contribution in [-0.4, -0.2) is 6.18 Å². The van der Waals surface area contributed by atoms with E-state index in [-0.39, 0.29) is 0 Å². The van der Waals surface area contributed by atoms with Gasteiger partial charge in [-0.2, -0.15) is 13.2 Å². The summed E-state index contributed by atoms with van der Waals surface area (Å²) in [5, 5.41) is 0. The Morgan fingerprint density at radius 3 is 1.52 bits per heavy atom. The molecule has 0 bridgehead atoms. The predicted octanol–water partition coefficient (Wildman–Crippen LogP) is 9.08. The number of halogens is 3. The topological polar surface area (TPSA) is 0 Å². The first-order valence-corrected chi connectivity index (χ1v) is 12.0. The van der Waals surface area contributed by atoms with Gasteiger partial charge in [0.1, 0.15) is 0 Å². The summed E-state index contributed by atoms with van der Waals surface area (Å²) in [6.07, 6.45) is 17.1. The molecule has 2 aliphatic carbocycles. The van der Waals surface area contributed by atoms with Crippen molar-refractivity contribution in [3.63, 3.8) is 0 Å². The van der Waals surface area contributed by atoms with E-state index in [1.54, 1.807) is 0 Å². The van der Waals surface area contributed by atoms with Gasteiger partial charge in [-0.3, -0.25) is 0 Å². The number of hydrogen-bond donors (Lipinski definition) is 0. The van der Waals surface area contributed by atoms with E-state index in [1.165, 1.54) is 89.9 Å². The third-order valence-electron chi connectivity index (χ3n) is 7.50. The van der Waals surface area contributed by atoms with E-state index in [2.05, 4.69) is 6.92 Å². The van der Waals surface area contributed by atoms with Gasteiger partial charge in [-0.15, -0.1) is 0 Å². The molecule has 0 saturated heterocycles. The number of hydrogen-bond acceptors (Lipinski definition) is 0. The van der Waals surface area contributed by atoms with Gasteiger partial charge in [0.05, 0.1) is 0 Å². The lowest BCUT2D eigenvalue weighted by molar-refractivity contribution is -0.138. The summed E-state index contributed by atoms with van der Waals surface area (Å²) in [4.78, 5) is 0. The van der Waals surface area contributed by atoms with Gasteiger partial charge >= 0.3 is 6.18 Å². The van der Waals surface area contributed by atoms with Gasteiger partial charge in [-0.1, -0.05) is 84.0 Å². The minimum atomic E-state index is -3.97. The standard InChI is InChI=1S/C24H43F3/c1-2-3-4-5-6-7-8-9-20-10-14-22(15-11-20)23-16-12-21(13-17-23)18-19-24(25,26)27/h20-23H,2-19H2,1H3. The lowest BCUT2D eigenvalue weighted by Gasteiger charge is -2.38. The Balaban J connectivity index is 1.51. The third-order valence-corrected chi connectivity index (χ3v) is 7.50. The number of rotatable bonds is 11. The van der Waals surface area contributed by atoms with Crippen LogP contribution < -0.4 is 0 Å². The molecule has 0 unspecified atom stereocenters.